The molecule has 0 saturated carbocycles. The van der Waals surface area contributed by atoms with Crippen LogP contribution >= 0.6 is 12.2 Å². The maximum absolute atomic E-state index is 4.53. The Hall–Kier alpha value is -1.58. The Labute approximate surface area is 88.0 Å². The van der Waals surface area contributed by atoms with E-state index in [4.69, 9.17) is 0 Å². The summed E-state index contributed by atoms with van der Waals surface area (Å²) in [6.45, 7) is 0. The Morgan fingerprint density at radius 1 is 1.21 bits per heavy atom. The first-order chi connectivity index (χ1) is 6.74. The highest BCUT2D eigenvalue weighted by atomic mass is 32.1. The molecule has 0 radical (unpaired) electrons. The van der Waals surface area contributed by atoms with Crippen molar-refractivity contribution in [2.24, 2.45) is 15.3 Å². The minimum absolute atomic E-state index is 0.674. The van der Waals surface area contributed by atoms with Crippen molar-refractivity contribution in [2.45, 2.75) is 0 Å². The quantitative estimate of drug-likeness (QED) is 0.330. The van der Waals surface area contributed by atoms with E-state index in [0.717, 1.165) is 0 Å². The molecule has 1 aromatic carbocycles. The summed E-state index contributed by atoms with van der Waals surface area (Å²) in [5, 5.41) is 11.8. The zero-order valence-electron chi connectivity index (χ0n) is 8.01. The number of aliphatic imine (C=N–C) groups is 1. The Morgan fingerprint density at radius 3 is 2.43 bits per heavy atom. The average molecular weight is 206 g/mol. The molecular formula is C9H10N4S. The molecule has 0 unspecified atom stereocenters. The van der Waals surface area contributed by atoms with Crippen LogP contribution in [0.3, 0.4) is 0 Å². The van der Waals surface area contributed by atoms with E-state index in [-0.39, 0.29) is 0 Å². The fraction of sp³-hybridized carbons (Fsp3) is 0.222. The van der Waals surface area contributed by atoms with Gasteiger partial charge in [0, 0.05) is 14.1 Å². The van der Waals surface area contributed by atoms with E-state index < -0.39 is 0 Å². The van der Waals surface area contributed by atoms with Crippen LogP contribution in [0.4, 0.5) is 11.4 Å². The van der Waals surface area contributed by atoms with Gasteiger partial charge >= 0.3 is 0 Å². The molecule has 0 saturated heterocycles. The van der Waals surface area contributed by atoms with Crippen molar-refractivity contribution in [1.29, 1.82) is 0 Å². The number of hydrogen-bond donors (Lipinski definition) is 0. The molecule has 0 aromatic heterocycles. The maximum Gasteiger partial charge on any atom is 0.114 e. The van der Waals surface area contributed by atoms with Gasteiger partial charge in [0.25, 0.3) is 0 Å². The summed E-state index contributed by atoms with van der Waals surface area (Å²) in [4.78, 5) is 3.88. The van der Waals surface area contributed by atoms with Crippen molar-refractivity contribution in [3.05, 3.63) is 24.3 Å². The van der Waals surface area contributed by atoms with E-state index in [2.05, 4.69) is 32.7 Å². The van der Waals surface area contributed by atoms with Crippen LogP contribution in [0.2, 0.25) is 0 Å². The number of rotatable bonds is 3. The van der Waals surface area contributed by atoms with Gasteiger partial charge in [-0.05, 0) is 24.4 Å². The third-order valence-electron chi connectivity index (χ3n) is 1.38. The summed E-state index contributed by atoms with van der Waals surface area (Å²) in [5.41, 5.74) is 1.35. The van der Waals surface area contributed by atoms with Crippen molar-refractivity contribution in [2.75, 3.05) is 14.1 Å². The van der Waals surface area contributed by atoms with Crippen LogP contribution < -0.4 is 0 Å². The van der Waals surface area contributed by atoms with Crippen LogP contribution in [0.5, 0.6) is 0 Å². The lowest BCUT2D eigenvalue weighted by molar-refractivity contribution is 0.408. The number of hydrogen-bond acceptors (Lipinski definition) is 4. The molecule has 0 amide bonds. The molecule has 0 fully saturated rings. The normalized spacial score (nSPS) is 9.86. The van der Waals surface area contributed by atoms with Crippen LogP contribution in [0.25, 0.3) is 0 Å². The first-order valence-corrected chi connectivity index (χ1v) is 4.40. The van der Waals surface area contributed by atoms with Crippen molar-refractivity contribution >= 4 is 28.8 Å². The second-order valence-electron chi connectivity index (χ2n) is 2.73. The van der Waals surface area contributed by atoms with Gasteiger partial charge in [-0.2, -0.15) is 4.99 Å². The Kier molecular flexibility index (Phi) is 3.91. The lowest BCUT2D eigenvalue weighted by atomic mass is 10.3. The topological polar surface area (TPSA) is 40.3 Å². The van der Waals surface area contributed by atoms with Crippen molar-refractivity contribution < 1.29 is 0 Å². The Bertz CT molecular complexity index is 380. The fourth-order valence-electron chi connectivity index (χ4n) is 0.830. The largest absolute Gasteiger partial charge is 0.285 e. The summed E-state index contributed by atoms with van der Waals surface area (Å²) in [7, 11) is 3.60. The van der Waals surface area contributed by atoms with Crippen LogP contribution in [-0.4, -0.2) is 24.3 Å². The molecule has 14 heavy (non-hydrogen) atoms. The van der Waals surface area contributed by atoms with Gasteiger partial charge in [0.2, 0.25) is 0 Å². The molecule has 0 aliphatic heterocycles. The minimum atomic E-state index is 0.674. The van der Waals surface area contributed by atoms with Gasteiger partial charge in [-0.15, -0.1) is 5.11 Å². The zero-order valence-corrected chi connectivity index (χ0v) is 8.82. The predicted molar refractivity (Wildman–Crippen MR) is 59.3 cm³/mol. The smallest absolute Gasteiger partial charge is 0.114 e. The second kappa shape index (κ2) is 5.21. The van der Waals surface area contributed by atoms with Crippen LogP contribution in [0.1, 0.15) is 0 Å². The fourth-order valence-corrected chi connectivity index (χ4v) is 0.928. The van der Waals surface area contributed by atoms with Gasteiger partial charge in [-0.1, -0.05) is 17.4 Å². The molecule has 0 bridgehead atoms. The van der Waals surface area contributed by atoms with Gasteiger partial charge in [-0.25, -0.2) is 0 Å². The van der Waals surface area contributed by atoms with E-state index >= 15 is 0 Å². The van der Waals surface area contributed by atoms with Gasteiger partial charge in [-0.3, -0.25) is 5.01 Å². The highest BCUT2D eigenvalue weighted by Crippen LogP contribution is 2.26. The zero-order chi connectivity index (χ0) is 10.4. The summed E-state index contributed by atoms with van der Waals surface area (Å²) >= 11 is 4.53. The molecule has 0 aliphatic rings. The number of nitrogens with zero attached hydrogens (tertiary/aromatic N) is 4. The maximum atomic E-state index is 4.53. The SMILES string of the molecule is CN(C)N=Nc1ccccc1N=C=S. The Balaban J connectivity index is 3.01. The summed E-state index contributed by atoms with van der Waals surface area (Å²) in [5.74, 6) is 0. The standard InChI is InChI=1S/C9H10N4S/c1-13(2)12-11-9-6-4-3-5-8(9)10-7-14/h3-6H,1-2H3. The van der Waals surface area contributed by atoms with E-state index in [1.165, 1.54) is 0 Å². The average Bonchev–Trinajstić information content (AvgIpc) is 2.17. The minimum Gasteiger partial charge on any atom is -0.285 e. The molecular weight excluding hydrogens is 196 g/mol. The molecule has 1 rings (SSSR count). The van der Waals surface area contributed by atoms with Crippen LogP contribution in [-0.2, 0) is 0 Å². The monoisotopic (exact) mass is 206 g/mol. The molecule has 0 heterocycles. The van der Waals surface area contributed by atoms with Gasteiger partial charge in [0.1, 0.15) is 11.4 Å². The highest BCUT2D eigenvalue weighted by molar-refractivity contribution is 7.78. The number of isothiocyanates is 1. The van der Waals surface area contributed by atoms with E-state index in [1.54, 1.807) is 19.1 Å². The number of benzene rings is 1. The van der Waals surface area contributed by atoms with E-state index in [0.29, 0.717) is 11.4 Å². The van der Waals surface area contributed by atoms with Crippen molar-refractivity contribution in [3.63, 3.8) is 0 Å². The van der Waals surface area contributed by atoms with Gasteiger partial charge in [0.05, 0.1) is 5.16 Å². The predicted octanol–water partition coefficient (Wildman–Crippen LogP) is 2.98. The Morgan fingerprint density at radius 2 is 1.86 bits per heavy atom. The summed E-state index contributed by atoms with van der Waals surface area (Å²) in [6.07, 6.45) is 0. The van der Waals surface area contributed by atoms with E-state index in [9.17, 15) is 0 Å². The third kappa shape index (κ3) is 3.05. The highest BCUT2D eigenvalue weighted by Gasteiger charge is 1.97. The van der Waals surface area contributed by atoms with Crippen molar-refractivity contribution in [1.82, 2.24) is 5.01 Å². The third-order valence-corrected chi connectivity index (χ3v) is 1.47. The van der Waals surface area contributed by atoms with E-state index in [1.807, 2.05) is 24.3 Å². The van der Waals surface area contributed by atoms with Gasteiger partial charge in [0.15, 0.2) is 0 Å². The van der Waals surface area contributed by atoms with Gasteiger partial charge < -0.3 is 0 Å². The number of para-hydroxylation sites is 1. The second-order valence-corrected chi connectivity index (χ2v) is 2.91. The first kappa shape index (κ1) is 10.5. The van der Waals surface area contributed by atoms with Crippen LogP contribution in [0.15, 0.2) is 39.6 Å². The molecule has 4 nitrogen and oxygen atoms in total. The lowest BCUT2D eigenvalue weighted by Crippen LogP contribution is -1.98. The molecule has 0 atom stereocenters. The summed E-state index contributed by atoms with van der Waals surface area (Å²) in [6, 6.07) is 7.36. The van der Waals surface area contributed by atoms with Crippen LogP contribution in [0, 0.1) is 0 Å². The molecule has 5 heteroatoms. The number of thiocarbonyl (C=S) groups is 1. The molecule has 0 N–H and O–H groups in total. The molecule has 72 valence electrons. The van der Waals surface area contributed by atoms with Crippen molar-refractivity contribution in [3.8, 4) is 0 Å². The molecule has 0 spiro atoms. The summed E-state index contributed by atoms with van der Waals surface area (Å²) < 4.78 is 0. The lowest BCUT2D eigenvalue weighted by Gasteiger charge is -2.01. The first-order valence-electron chi connectivity index (χ1n) is 4.00. The molecule has 1 aromatic rings. The molecule has 0 aliphatic carbocycles.